The van der Waals surface area contributed by atoms with Crippen molar-refractivity contribution in [1.29, 1.82) is 5.26 Å². The molecule has 22 heavy (non-hydrogen) atoms. The lowest BCUT2D eigenvalue weighted by molar-refractivity contribution is 0.0827. The lowest BCUT2D eigenvalue weighted by Gasteiger charge is -2.11. The minimum Gasteiger partial charge on any atom is -0.437 e. The van der Waals surface area contributed by atoms with Crippen LogP contribution in [0.5, 0.6) is 11.6 Å². The SMILES string of the molecule is Cc1nnc(Oc2ccc(C(=O)N(C)C)cc2)c(C#N)c1C. The molecule has 0 radical (unpaired) electrons. The van der Waals surface area contributed by atoms with Gasteiger partial charge >= 0.3 is 0 Å². The summed E-state index contributed by atoms with van der Waals surface area (Å²) < 4.78 is 5.61. The van der Waals surface area contributed by atoms with Crippen LogP contribution >= 0.6 is 0 Å². The van der Waals surface area contributed by atoms with Crippen molar-refractivity contribution in [2.45, 2.75) is 13.8 Å². The summed E-state index contributed by atoms with van der Waals surface area (Å²) in [6.45, 7) is 3.59. The lowest BCUT2D eigenvalue weighted by Crippen LogP contribution is -2.21. The first-order chi connectivity index (χ1) is 10.4. The maximum Gasteiger partial charge on any atom is 0.257 e. The fourth-order valence-electron chi connectivity index (χ4n) is 1.83. The van der Waals surface area contributed by atoms with Crippen LogP contribution in [-0.4, -0.2) is 35.1 Å². The Hall–Kier alpha value is -2.94. The van der Waals surface area contributed by atoms with E-state index in [4.69, 9.17) is 4.74 Å². The van der Waals surface area contributed by atoms with Crippen LogP contribution in [0.15, 0.2) is 24.3 Å². The maximum absolute atomic E-state index is 11.8. The summed E-state index contributed by atoms with van der Waals surface area (Å²) in [5.41, 5.74) is 2.35. The average molecular weight is 296 g/mol. The second kappa shape index (κ2) is 6.22. The van der Waals surface area contributed by atoms with Crippen LogP contribution < -0.4 is 4.74 Å². The first-order valence-corrected chi connectivity index (χ1v) is 6.67. The summed E-state index contributed by atoms with van der Waals surface area (Å²) in [7, 11) is 3.38. The summed E-state index contributed by atoms with van der Waals surface area (Å²) in [5, 5.41) is 17.1. The molecule has 0 N–H and O–H groups in total. The van der Waals surface area contributed by atoms with Crippen molar-refractivity contribution in [3.63, 3.8) is 0 Å². The van der Waals surface area contributed by atoms with Gasteiger partial charge in [0.25, 0.3) is 11.8 Å². The van der Waals surface area contributed by atoms with E-state index in [9.17, 15) is 10.1 Å². The summed E-state index contributed by atoms with van der Waals surface area (Å²) in [6, 6.07) is 8.73. The van der Waals surface area contributed by atoms with Crippen LogP contribution in [0, 0.1) is 25.2 Å². The van der Waals surface area contributed by atoms with Gasteiger partial charge in [-0.15, -0.1) is 5.10 Å². The van der Waals surface area contributed by atoms with Gasteiger partial charge < -0.3 is 9.64 Å². The smallest absolute Gasteiger partial charge is 0.257 e. The molecule has 6 nitrogen and oxygen atoms in total. The number of hydrogen-bond acceptors (Lipinski definition) is 5. The second-order valence-electron chi connectivity index (χ2n) is 5.03. The monoisotopic (exact) mass is 296 g/mol. The molecule has 2 rings (SSSR count). The Labute approximate surface area is 129 Å². The summed E-state index contributed by atoms with van der Waals surface area (Å²) in [6.07, 6.45) is 0. The zero-order valence-electron chi connectivity index (χ0n) is 12.9. The van der Waals surface area contributed by atoms with E-state index < -0.39 is 0 Å². The largest absolute Gasteiger partial charge is 0.437 e. The molecule has 0 aliphatic rings. The molecular weight excluding hydrogens is 280 g/mol. The maximum atomic E-state index is 11.8. The summed E-state index contributed by atoms with van der Waals surface area (Å²) in [5.74, 6) is 0.567. The van der Waals surface area contributed by atoms with Crippen molar-refractivity contribution in [2.24, 2.45) is 0 Å². The molecule has 0 aliphatic heterocycles. The van der Waals surface area contributed by atoms with Crippen molar-refractivity contribution in [3.8, 4) is 17.7 Å². The fraction of sp³-hybridized carbons (Fsp3) is 0.250. The van der Waals surface area contributed by atoms with Gasteiger partial charge in [-0.05, 0) is 43.7 Å². The highest BCUT2D eigenvalue weighted by atomic mass is 16.5. The van der Waals surface area contributed by atoms with Crippen molar-refractivity contribution < 1.29 is 9.53 Å². The Morgan fingerprint density at radius 1 is 1.18 bits per heavy atom. The number of ether oxygens (including phenoxy) is 1. The van der Waals surface area contributed by atoms with Crippen molar-refractivity contribution in [2.75, 3.05) is 14.1 Å². The van der Waals surface area contributed by atoms with Gasteiger partial charge in [-0.1, -0.05) is 0 Å². The van der Waals surface area contributed by atoms with Gasteiger partial charge in [0.1, 0.15) is 17.4 Å². The van der Waals surface area contributed by atoms with Gasteiger partial charge in [-0.25, -0.2) is 0 Å². The molecule has 1 aromatic heterocycles. The molecule has 2 aromatic rings. The Morgan fingerprint density at radius 3 is 2.36 bits per heavy atom. The molecule has 1 aromatic carbocycles. The van der Waals surface area contributed by atoms with E-state index in [1.165, 1.54) is 4.90 Å². The number of amides is 1. The van der Waals surface area contributed by atoms with Gasteiger partial charge in [-0.2, -0.15) is 10.4 Å². The van der Waals surface area contributed by atoms with E-state index in [0.717, 1.165) is 5.56 Å². The van der Waals surface area contributed by atoms with Gasteiger partial charge in [-0.3, -0.25) is 4.79 Å². The summed E-state index contributed by atoms with van der Waals surface area (Å²) >= 11 is 0. The molecular formula is C16H16N4O2. The third kappa shape index (κ3) is 3.04. The highest BCUT2D eigenvalue weighted by Crippen LogP contribution is 2.25. The third-order valence-corrected chi connectivity index (χ3v) is 3.26. The molecule has 0 atom stereocenters. The molecule has 6 heteroatoms. The zero-order valence-corrected chi connectivity index (χ0v) is 12.9. The van der Waals surface area contributed by atoms with Crippen LogP contribution in [-0.2, 0) is 0 Å². The standard InChI is InChI=1S/C16H16N4O2/c1-10-11(2)18-19-15(14(10)9-17)22-13-7-5-12(6-8-13)16(21)20(3)4/h5-8H,1-4H3. The number of carbonyl (C=O) groups excluding carboxylic acids is 1. The van der Waals surface area contributed by atoms with E-state index in [0.29, 0.717) is 22.6 Å². The van der Waals surface area contributed by atoms with Crippen molar-refractivity contribution in [1.82, 2.24) is 15.1 Å². The molecule has 0 spiro atoms. The van der Waals surface area contributed by atoms with Crippen LogP contribution in [0.1, 0.15) is 27.2 Å². The highest BCUT2D eigenvalue weighted by Gasteiger charge is 2.13. The molecule has 1 heterocycles. The van der Waals surface area contributed by atoms with Crippen LogP contribution in [0.3, 0.4) is 0 Å². The molecule has 0 fully saturated rings. The molecule has 112 valence electrons. The van der Waals surface area contributed by atoms with E-state index in [2.05, 4.69) is 16.3 Å². The topological polar surface area (TPSA) is 79.1 Å². The highest BCUT2D eigenvalue weighted by molar-refractivity contribution is 5.93. The lowest BCUT2D eigenvalue weighted by atomic mass is 10.1. The predicted octanol–water partition coefficient (Wildman–Crippen LogP) is 2.46. The number of hydrogen-bond donors (Lipinski definition) is 0. The number of nitriles is 1. The number of nitrogens with zero attached hydrogens (tertiary/aromatic N) is 4. The number of rotatable bonds is 3. The molecule has 0 aliphatic carbocycles. The number of carbonyl (C=O) groups is 1. The number of aromatic nitrogens is 2. The van der Waals surface area contributed by atoms with E-state index >= 15 is 0 Å². The molecule has 0 bridgehead atoms. The van der Waals surface area contributed by atoms with Crippen LogP contribution in [0.4, 0.5) is 0 Å². The first kappa shape index (κ1) is 15.4. The Balaban J connectivity index is 2.28. The number of benzene rings is 1. The Morgan fingerprint density at radius 2 is 1.82 bits per heavy atom. The van der Waals surface area contributed by atoms with E-state index in [1.54, 1.807) is 52.2 Å². The molecule has 0 saturated heterocycles. The quantitative estimate of drug-likeness (QED) is 0.869. The van der Waals surface area contributed by atoms with Crippen molar-refractivity contribution >= 4 is 5.91 Å². The average Bonchev–Trinajstić information content (AvgIpc) is 2.51. The van der Waals surface area contributed by atoms with E-state index in [1.807, 2.05) is 0 Å². The van der Waals surface area contributed by atoms with Crippen LogP contribution in [0.25, 0.3) is 0 Å². The minimum atomic E-state index is -0.0877. The Kier molecular flexibility index (Phi) is 4.37. The van der Waals surface area contributed by atoms with Crippen molar-refractivity contribution in [3.05, 3.63) is 46.6 Å². The van der Waals surface area contributed by atoms with E-state index in [-0.39, 0.29) is 11.8 Å². The Bertz CT molecular complexity index is 746. The summed E-state index contributed by atoms with van der Waals surface area (Å²) in [4.78, 5) is 13.3. The van der Waals surface area contributed by atoms with Gasteiger partial charge in [0, 0.05) is 19.7 Å². The molecule has 1 amide bonds. The zero-order chi connectivity index (χ0) is 16.3. The molecule has 0 unspecified atom stereocenters. The van der Waals surface area contributed by atoms with Gasteiger partial charge in [0.05, 0.1) is 5.69 Å². The normalized spacial score (nSPS) is 9.95. The van der Waals surface area contributed by atoms with Gasteiger partial charge in [0.15, 0.2) is 0 Å². The number of aryl methyl sites for hydroxylation is 1. The fourth-order valence-corrected chi connectivity index (χ4v) is 1.83. The molecule has 0 saturated carbocycles. The second-order valence-corrected chi connectivity index (χ2v) is 5.03. The minimum absolute atomic E-state index is 0.0877. The van der Waals surface area contributed by atoms with Crippen LogP contribution in [0.2, 0.25) is 0 Å². The first-order valence-electron chi connectivity index (χ1n) is 6.67. The van der Waals surface area contributed by atoms with Gasteiger partial charge in [0.2, 0.25) is 0 Å². The third-order valence-electron chi connectivity index (χ3n) is 3.26. The predicted molar refractivity (Wildman–Crippen MR) is 80.8 cm³/mol.